The first-order valence-electron chi connectivity index (χ1n) is 16.5. The molecule has 4 aromatic rings. The zero-order valence-electron chi connectivity index (χ0n) is 31.0. The van der Waals surface area contributed by atoms with Crippen molar-refractivity contribution in [2.75, 3.05) is 32.9 Å². The molecular weight excluding hydrogens is 827 g/mol. The van der Waals surface area contributed by atoms with Gasteiger partial charge >= 0.3 is 12.0 Å². The van der Waals surface area contributed by atoms with Crippen LogP contribution in [-0.2, 0) is 36.6 Å². The fourth-order valence-corrected chi connectivity index (χ4v) is 7.16. The highest BCUT2D eigenvalue weighted by Gasteiger charge is 2.27. The van der Waals surface area contributed by atoms with Crippen LogP contribution in [0.4, 0.5) is 10.7 Å². The van der Waals surface area contributed by atoms with Crippen LogP contribution in [0.5, 0.6) is 17.5 Å². The van der Waals surface area contributed by atoms with Crippen LogP contribution in [0.15, 0.2) is 82.6 Å². The predicted molar refractivity (Wildman–Crippen MR) is 204 cm³/mol. The lowest BCUT2D eigenvalue weighted by atomic mass is 10.1. The van der Waals surface area contributed by atoms with Gasteiger partial charge in [-0.15, -0.1) is 0 Å². The van der Waals surface area contributed by atoms with Gasteiger partial charge in [0.1, 0.15) is 10.6 Å². The molecule has 3 aromatic carbocycles. The standard InChI is InChI=1S/C18H18N2O5S.C16H19N5O9S2/c1-25-16-5-3-2-4-15(16)18(22)20-26(23,24)14-10-6-12(7-11-14)17(21)19-13-8-9-13;1-29-12-7-13(30-2)19-15(18-12)20-16(24)21-32(27,28)11-6-9(8-17-31(3,25)26)4-5-10(11)14(22)23/h2-7,10-11,13H,8-9H2,1H3,(H,19,21)(H,20,22);4-7,17H,8H2,1-3H3,(H,22,23)(H2,18,19,20,21,24). The molecule has 1 saturated carbocycles. The molecule has 0 radical (unpaired) electrons. The van der Waals surface area contributed by atoms with Crippen LogP contribution in [0.1, 0.15) is 49.5 Å². The molecule has 21 nitrogen and oxygen atoms in total. The lowest BCUT2D eigenvalue weighted by Crippen LogP contribution is -2.35. The van der Waals surface area contributed by atoms with E-state index >= 15 is 0 Å². The number of methoxy groups -OCH3 is 3. The monoisotopic (exact) mass is 863 g/mol. The summed E-state index contributed by atoms with van der Waals surface area (Å²) in [7, 11) is -8.37. The van der Waals surface area contributed by atoms with Crippen molar-refractivity contribution < 1.29 is 63.7 Å². The van der Waals surface area contributed by atoms with E-state index in [0.29, 0.717) is 5.56 Å². The van der Waals surface area contributed by atoms with Crippen molar-refractivity contribution in [2.24, 2.45) is 0 Å². The number of urea groups is 1. The minimum atomic E-state index is -4.70. The summed E-state index contributed by atoms with van der Waals surface area (Å²) in [4.78, 5) is 54.7. The number of nitrogens with one attached hydrogen (secondary N) is 5. The minimum Gasteiger partial charge on any atom is -0.496 e. The number of carboxylic acid groups (broad SMARTS) is 1. The number of ether oxygens (including phenoxy) is 3. The molecule has 0 atom stereocenters. The Morgan fingerprint density at radius 2 is 1.36 bits per heavy atom. The Labute approximate surface area is 332 Å². The van der Waals surface area contributed by atoms with E-state index in [1.54, 1.807) is 22.9 Å². The summed E-state index contributed by atoms with van der Waals surface area (Å²) in [6.07, 6.45) is 2.83. The van der Waals surface area contributed by atoms with E-state index in [4.69, 9.17) is 14.2 Å². The molecule has 58 heavy (non-hydrogen) atoms. The number of aromatic nitrogens is 2. The van der Waals surface area contributed by atoms with Gasteiger partial charge in [-0.05, 0) is 66.9 Å². The highest BCUT2D eigenvalue weighted by molar-refractivity contribution is 7.90. The Morgan fingerprint density at radius 1 is 0.741 bits per heavy atom. The molecule has 1 aliphatic carbocycles. The maximum absolute atomic E-state index is 12.7. The summed E-state index contributed by atoms with van der Waals surface area (Å²) < 4.78 is 93.4. The van der Waals surface area contributed by atoms with Gasteiger partial charge in [0.2, 0.25) is 27.7 Å². The van der Waals surface area contributed by atoms with Gasteiger partial charge in [0.15, 0.2) is 0 Å². The first kappa shape index (κ1) is 44.3. The summed E-state index contributed by atoms with van der Waals surface area (Å²) in [5.74, 6) is -2.64. The number of hydrogen-bond donors (Lipinski definition) is 6. The van der Waals surface area contributed by atoms with E-state index < -0.39 is 58.4 Å². The maximum atomic E-state index is 12.7. The van der Waals surface area contributed by atoms with Crippen molar-refractivity contribution in [2.45, 2.75) is 35.2 Å². The molecule has 24 heteroatoms. The first-order valence-corrected chi connectivity index (χ1v) is 21.3. The number of hydrogen-bond acceptors (Lipinski definition) is 15. The van der Waals surface area contributed by atoms with Gasteiger partial charge < -0.3 is 24.6 Å². The number of carboxylic acids is 1. The van der Waals surface area contributed by atoms with Crippen molar-refractivity contribution in [1.82, 2.24) is 29.5 Å². The lowest BCUT2D eigenvalue weighted by molar-refractivity contribution is 0.0691. The Morgan fingerprint density at radius 3 is 1.91 bits per heavy atom. The maximum Gasteiger partial charge on any atom is 0.337 e. The molecule has 0 saturated heterocycles. The second-order valence-corrected chi connectivity index (χ2v) is 17.1. The Bertz CT molecular complexity index is 2510. The number of aromatic carboxylic acids is 1. The number of carbonyl (C=O) groups excluding carboxylic acids is 3. The van der Waals surface area contributed by atoms with Gasteiger partial charge in [0, 0.05) is 18.2 Å². The summed E-state index contributed by atoms with van der Waals surface area (Å²) in [5, 5.41) is 14.2. The molecular formula is C34H37N7O14S3. The normalized spacial score (nSPS) is 12.5. The van der Waals surface area contributed by atoms with Gasteiger partial charge in [-0.25, -0.2) is 49.0 Å². The molecule has 6 N–H and O–H groups in total. The van der Waals surface area contributed by atoms with E-state index in [1.165, 1.54) is 63.8 Å². The quantitative estimate of drug-likeness (QED) is 0.0986. The molecule has 1 aliphatic rings. The number of benzene rings is 3. The van der Waals surface area contributed by atoms with E-state index in [1.807, 2.05) is 4.72 Å². The fourth-order valence-electron chi connectivity index (χ4n) is 4.61. The smallest absolute Gasteiger partial charge is 0.337 e. The van der Waals surface area contributed by atoms with Gasteiger partial charge in [0.05, 0.1) is 49.7 Å². The largest absolute Gasteiger partial charge is 0.496 e. The SMILES string of the molecule is COc1cc(OC)nc(NC(=O)NS(=O)(=O)c2cc(CNS(C)(=O)=O)ccc2C(=O)O)n1.COc1ccccc1C(=O)NS(=O)(=O)c1ccc(C(=O)NC2CC2)cc1. The van der Waals surface area contributed by atoms with E-state index in [0.717, 1.165) is 31.2 Å². The summed E-state index contributed by atoms with van der Waals surface area (Å²) in [6, 6.07) is 15.1. The average Bonchev–Trinajstić information content (AvgIpc) is 4.00. The molecule has 1 heterocycles. The fraction of sp³-hybridized carbons (Fsp3) is 0.235. The van der Waals surface area contributed by atoms with Crippen LogP contribution in [0, 0.1) is 0 Å². The van der Waals surface area contributed by atoms with Gasteiger partial charge in [0.25, 0.3) is 31.9 Å². The summed E-state index contributed by atoms with van der Waals surface area (Å²) in [5.41, 5.74) is -0.0132. The number of anilines is 1. The zero-order chi connectivity index (χ0) is 42.8. The molecule has 1 fully saturated rings. The molecule has 1 aromatic heterocycles. The summed E-state index contributed by atoms with van der Waals surface area (Å²) >= 11 is 0. The number of para-hydroxylation sites is 1. The van der Waals surface area contributed by atoms with Crippen LogP contribution in [0.25, 0.3) is 0 Å². The van der Waals surface area contributed by atoms with Crippen molar-refractivity contribution in [3.8, 4) is 17.5 Å². The second-order valence-electron chi connectivity index (χ2n) is 12.0. The molecule has 0 unspecified atom stereocenters. The van der Waals surface area contributed by atoms with E-state index in [9.17, 15) is 49.5 Å². The molecule has 4 amide bonds. The number of carbonyl (C=O) groups is 4. The molecule has 310 valence electrons. The zero-order valence-corrected chi connectivity index (χ0v) is 33.4. The third-order valence-electron chi connectivity index (χ3n) is 7.57. The average molecular weight is 864 g/mol. The number of sulfonamides is 3. The highest BCUT2D eigenvalue weighted by atomic mass is 32.2. The Kier molecular flexibility index (Phi) is 14.3. The van der Waals surface area contributed by atoms with Gasteiger partial charge in [-0.1, -0.05) is 18.2 Å². The van der Waals surface area contributed by atoms with Crippen LogP contribution in [0.3, 0.4) is 0 Å². The molecule has 0 bridgehead atoms. The van der Waals surface area contributed by atoms with Crippen molar-refractivity contribution in [3.63, 3.8) is 0 Å². The van der Waals surface area contributed by atoms with Crippen LogP contribution in [0.2, 0.25) is 0 Å². The summed E-state index contributed by atoms with van der Waals surface area (Å²) in [6.45, 7) is -0.301. The Balaban J connectivity index is 0.000000262. The van der Waals surface area contributed by atoms with Gasteiger partial charge in [-0.2, -0.15) is 9.97 Å². The third kappa shape index (κ3) is 12.6. The second kappa shape index (κ2) is 18.7. The van der Waals surface area contributed by atoms with Crippen LogP contribution in [-0.4, -0.2) is 97.8 Å². The van der Waals surface area contributed by atoms with Crippen LogP contribution >= 0.6 is 0 Å². The molecule has 0 spiro atoms. The van der Waals surface area contributed by atoms with Crippen molar-refractivity contribution >= 4 is 59.8 Å². The predicted octanol–water partition coefficient (Wildman–Crippen LogP) is 1.46. The first-order chi connectivity index (χ1) is 27.2. The molecule has 5 rings (SSSR count). The van der Waals surface area contributed by atoms with Crippen molar-refractivity contribution in [1.29, 1.82) is 0 Å². The third-order valence-corrected chi connectivity index (χ3v) is 11.0. The van der Waals surface area contributed by atoms with Gasteiger partial charge in [-0.3, -0.25) is 14.9 Å². The number of rotatable bonds is 15. The highest BCUT2D eigenvalue weighted by Crippen LogP contribution is 2.22. The van der Waals surface area contributed by atoms with Crippen molar-refractivity contribution in [3.05, 3.63) is 95.1 Å². The number of nitrogens with zero attached hydrogens (tertiary/aromatic N) is 2. The topological polar surface area (TPSA) is 305 Å². The molecule has 0 aliphatic heterocycles. The Hall–Kier alpha value is -6.37. The van der Waals surface area contributed by atoms with Crippen LogP contribution < -0.4 is 39.0 Å². The van der Waals surface area contributed by atoms with E-state index in [-0.39, 0.29) is 58.0 Å². The van der Waals surface area contributed by atoms with E-state index in [2.05, 4.69) is 25.3 Å². The minimum absolute atomic E-state index is 0.0225. The number of amides is 4. The lowest BCUT2D eigenvalue weighted by Gasteiger charge is -2.12.